The SMILES string of the molecule is C[C@@]1(c2ccco2)NC(=O)N(CC(=O)Nc2cc(Cl)c(Cl)cc2Cl)C1=O. The fourth-order valence-electron chi connectivity index (χ4n) is 2.52. The average molecular weight is 417 g/mol. The zero-order valence-corrected chi connectivity index (χ0v) is 15.6. The Morgan fingerprint density at radius 2 is 1.92 bits per heavy atom. The second-order valence-corrected chi connectivity index (χ2v) is 6.94. The molecule has 136 valence electrons. The summed E-state index contributed by atoms with van der Waals surface area (Å²) in [6, 6.07) is 5.22. The highest BCUT2D eigenvalue weighted by atomic mass is 35.5. The summed E-state index contributed by atoms with van der Waals surface area (Å²) in [6.07, 6.45) is 1.39. The van der Waals surface area contributed by atoms with Crippen molar-refractivity contribution in [2.75, 3.05) is 11.9 Å². The van der Waals surface area contributed by atoms with Crippen molar-refractivity contribution in [1.29, 1.82) is 0 Å². The third-order valence-electron chi connectivity index (χ3n) is 3.87. The van der Waals surface area contributed by atoms with Crippen LogP contribution in [-0.2, 0) is 15.1 Å². The predicted molar refractivity (Wildman–Crippen MR) is 96.4 cm³/mol. The maximum atomic E-state index is 12.6. The van der Waals surface area contributed by atoms with Gasteiger partial charge in [-0.3, -0.25) is 14.5 Å². The first kappa shape index (κ1) is 18.6. The van der Waals surface area contributed by atoms with Gasteiger partial charge in [0.25, 0.3) is 5.91 Å². The first-order valence-corrected chi connectivity index (χ1v) is 8.48. The number of urea groups is 1. The smallest absolute Gasteiger partial charge is 0.325 e. The van der Waals surface area contributed by atoms with Crippen LogP contribution in [0.5, 0.6) is 0 Å². The Morgan fingerprint density at radius 1 is 1.23 bits per heavy atom. The van der Waals surface area contributed by atoms with Crippen molar-refractivity contribution < 1.29 is 18.8 Å². The first-order valence-electron chi connectivity index (χ1n) is 7.35. The van der Waals surface area contributed by atoms with Crippen LogP contribution in [0.25, 0.3) is 0 Å². The highest BCUT2D eigenvalue weighted by Crippen LogP contribution is 2.32. The van der Waals surface area contributed by atoms with Gasteiger partial charge in [0.1, 0.15) is 12.3 Å². The fourth-order valence-corrected chi connectivity index (χ4v) is 3.12. The molecule has 1 atom stereocenters. The van der Waals surface area contributed by atoms with E-state index in [1.165, 1.54) is 25.3 Å². The summed E-state index contributed by atoms with van der Waals surface area (Å²) in [6.45, 7) is 0.997. The number of carbonyl (C=O) groups is 3. The molecule has 26 heavy (non-hydrogen) atoms. The Labute approximate surface area is 163 Å². The van der Waals surface area contributed by atoms with E-state index in [1.54, 1.807) is 12.1 Å². The molecule has 0 unspecified atom stereocenters. The van der Waals surface area contributed by atoms with E-state index >= 15 is 0 Å². The van der Waals surface area contributed by atoms with E-state index in [9.17, 15) is 14.4 Å². The molecule has 3 rings (SSSR count). The average Bonchev–Trinajstić information content (AvgIpc) is 3.17. The third kappa shape index (κ3) is 3.25. The van der Waals surface area contributed by atoms with Crippen LogP contribution in [0.1, 0.15) is 12.7 Å². The Bertz CT molecular complexity index is 900. The minimum Gasteiger partial charge on any atom is -0.466 e. The Balaban J connectivity index is 1.75. The number of furan rings is 1. The molecule has 4 amide bonds. The van der Waals surface area contributed by atoms with Gasteiger partial charge < -0.3 is 15.1 Å². The number of hydrogen-bond donors (Lipinski definition) is 2. The molecule has 10 heteroatoms. The van der Waals surface area contributed by atoms with Crippen LogP contribution in [0.15, 0.2) is 34.9 Å². The van der Waals surface area contributed by atoms with E-state index in [2.05, 4.69) is 10.6 Å². The minimum atomic E-state index is -1.37. The van der Waals surface area contributed by atoms with Gasteiger partial charge >= 0.3 is 6.03 Å². The van der Waals surface area contributed by atoms with Crippen molar-refractivity contribution in [1.82, 2.24) is 10.2 Å². The quantitative estimate of drug-likeness (QED) is 0.588. The predicted octanol–water partition coefficient (Wildman–Crippen LogP) is 3.65. The van der Waals surface area contributed by atoms with Crippen molar-refractivity contribution >= 4 is 58.3 Å². The molecule has 1 aromatic heterocycles. The molecular weight excluding hydrogens is 405 g/mol. The number of carbonyl (C=O) groups excluding carboxylic acids is 3. The lowest BCUT2D eigenvalue weighted by Crippen LogP contribution is -2.41. The van der Waals surface area contributed by atoms with Crippen LogP contribution in [0.3, 0.4) is 0 Å². The number of amides is 4. The molecule has 1 saturated heterocycles. The van der Waals surface area contributed by atoms with Crippen LogP contribution in [0, 0.1) is 0 Å². The third-order valence-corrected chi connectivity index (χ3v) is 4.91. The number of halogens is 3. The number of hydrogen-bond acceptors (Lipinski definition) is 4. The van der Waals surface area contributed by atoms with Crippen LogP contribution < -0.4 is 10.6 Å². The second kappa shape index (κ2) is 6.83. The Kier molecular flexibility index (Phi) is 4.88. The van der Waals surface area contributed by atoms with Crippen molar-refractivity contribution in [3.63, 3.8) is 0 Å². The van der Waals surface area contributed by atoms with Crippen molar-refractivity contribution in [3.05, 3.63) is 51.4 Å². The maximum absolute atomic E-state index is 12.6. The standard InChI is InChI=1S/C16H12Cl3N3O4/c1-16(12-3-2-4-26-12)14(24)22(15(25)21-16)7-13(23)20-11-6-9(18)8(17)5-10(11)19/h2-6H,7H2,1H3,(H,20,23)(H,21,25)/t16-/m0/s1. The van der Waals surface area contributed by atoms with Crippen LogP contribution >= 0.6 is 34.8 Å². The molecule has 0 bridgehead atoms. The van der Waals surface area contributed by atoms with Crippen LogP contribution in [0.2, 0.25) is 15.1 Å². The van der Waals surface area contributed by atoms with Crippen LogP contribution in [-0.4, -0.2) is 29.3 Å². The molecule has 7 nitrogen and oxygen atoms in total. The molecule has 2 aromatic rings. The number of imide groups is 1. The molecule has 2 heterocycles. The molecule has 1 aliphatic heterocycles. The van der Waals surface area contributed by atoms with E-state index in [-0.39, 0.29) is 26.5 Å². The lowest BCUT2D eigenvalue weighted by atomic mass is 9.99. The van der Waals surface area contributed by atoms with E-state index < -0.39 is 29.9 Å². The second-order valence-electron chi connectivity index (χ2n) is 5.72. The molecule has 0 radical (unpaired) electrons. The van der Waals surface area contributed by atoms with Gasteiger partial charge in [0.15, 0.2) is 5.54 Å². The lowest BCUT2D eigenvalue weighted by molar-refractivity contribution is -0.134. The number of rotatable bonds is 4. The number of nitrogens with one attached hydrogen (secondary N) is 2. The van der Waals surface area contributed by atoms with Crippen molar-refractivity contribution in [2.45, 2.75) is 12.5 Å². The number of benzene rings is 1. The first-order chi connectivity index (χ1) is 12.2. The summed E-state index contributed by atoms with van der Waals surface area (Å²) in [4.78, 5) is 37.8. The molecule has 1 aliphatic rings. The van der Waals surface area contributed by atoms with Gasteiger partial charge in [-0.2, -0.15) is 0 Å². The van der Waals surface area contributed by atoms with E-state index in [1.807, 2.05) is 0 Å². The highest BCUT2D eigenvalue weighted by Gasteiger charge is 2.51. The van der Waals surface area contributed by atoms with E-state index in [4.69, 9.17) is 39.2 Å². The minimum absolute atomic E-state index is 0.172. The largest absolute Gasteiger partial charge is 0.466 e. The van der Waals surface area contributed by atoms with Gasteiger partial charge in [0.2, 0.25) is 5.91 Å². The summed E-state index contributed by atoms with van der Waals surface area (Å²) in [5.74, 6) is -0.961. The molecule has 0 spiro atoms. The summed E-state index contributed by atoms with van der Waals surface area (Å²) < 4.78 is 5.22. The Hall–Kier alpha value is -2.22. The fraction of sp³-hybridized carbons (Fsp3) is 0.188. The number of nitrogens with zero attached hydrogens (tertiary/aromatic N) is 1. The topological polar surface area (TPSA) is 91.7 Å². The zero-order chi connectivity index (χ0) is 19.1. The molecule has 0 aliphatic carbocycles. The van der Waals surface area contributed by atoms with Crippen molar-refractivity contribution in [2.24, 2.45) is 0 Å². The van der Waals surface area contributed by atoms with Gasteiger partial charge in [0, 0.05) is 0 Å². The Morgan fingerprint density at radius 3 is 2.58 bits per heavy atom. The highest BCUT2D eigenvalue weighted by molar-refractivity contribution is 6.44. The van der Waals surface area contributed by atoms with E-state index in [0.29, 0.717) is 0 Å². The monoisotopic (exact) mass is 415 g/mol. The lowest BCUT2D eigenvalue weighted by Gasteiger charge is -2.19. The summed E-state index contributed by atoms with van der Waals surface area (Å²) in [7, 11) is 0. The van der Waals surface area contributed by atoms with Gasteiger partial charge in [0.05, 0.1) is 27.0 Å². The van der Waals surface area contributed by atoms with E-state index in [0.717, 1.165) is 4.90 Å². The molecule has 2 N–H and O–H groups in total. The van der Waals surface area contributed by atoms with Gasteiger partial charge in [-0.25, -0.2) is 4.79 Å². The molecule has 1 fully saturated rings. The number of anilines is 1. The maximum Gasteiger partial charge on any atom is 0.325 e. The summed E-state index contributed by atoms with van der Waals surface area (Å²) in [5.41, 5.74) is -1.16. The van der Waals surface area contributed by atoms with Gasteiger partial charge in [-0.1, -0.05) is 34.8 Å². The normalized spacial score (nSPS) is 19.6. The van der Waals surface area contributed by atoms with Gasteiger partial charge in [-0.15, -0.1) is 0 Å². The zero-order valence-electron chi connectivity index (χ0n) is 13.3. The molecule has 1 aromatic carbocycles. The van der Waals surface area contributed by atoms with Gasteiger partial charge in [-0.05, 0) is 31.2 Å². The van der Waals surface area contributed by atoms with Crippen LogP contribution in [0.4, 0.5) is 10.5 Å². The van der Waals surface area contributed by atoms with Crippen molar-refractivity contribution in [3.8, 4) is 0 Å². The molecule has 0 saturated carbocycles. The molecular formula is C16H12Cl3N3O4. The summed E-state index contributed by atoms with van der Waals surface area (Å²) >= 11 is 17.7. The summed E-state index contributed by atoms with van der Waals surface area (Å²) in [5, 5.41) is 5.63.